The Kier molecular flexibility index (Phi) is 8.41. The van der Waals surface area contributed by atoms with Crippen molar-refractivity contribution in [3.8, 4) is 0 Å². The van der Waals surface area contributed by atoms with Crippen LogP contribution < -0.4 is 10.2 Å². The third kappa shape index (κ3) is 7.00. The fourth-order valence-electron chi connectivity index (χ4n) is 3.60. The minimum absolute atomic E-state index is 0.0444. The van der Waals surface area contributed by atoms with E-state index in [0.29, 0.717) is 18.0 Å². The van der Waals surface area contributed by atoms with Gasteiger partial charge in [0, 0.05) is 70.5 Å². The minimum atomic E-state index is 0.0444. The molecule has 0 fully saturated rings. The quantitative estimate of drug-likeness (QED) is 0.579. The summed E-state index contributed by atoms with van der Waals surface area (Å²) in [6.07, 6.45) is 7.92. The van der Waals surface area contributed by atoms with Crippen LogP contribution >= 0.6 is 0 Å². The first-order valence-corrected chi connectivity index (χ1v) is 11.4. The molecule has 0 spiro atoms. The number of nitrogens with one attached hydrogen (secondary N) is 1. The molecule has 3 heterocycles. The molecule has 0 aliphatic carbocycles. The lowest BCUT2D eigenvalue weighted by Crippen LogP contribution is -2.31. The lowest BCUT2D eigenvalue weighted by atomic mass is 10.0. The van der Waals surface area contributed by atoms with Gasteiger partial charge in [-0.05, 0) is 52.5 Å². The summed E-state index contributed by atoms with van der Waals surface area (Å²) in [4.78, 5) is 30.7. The fourth-order valence-corrected chi connectivity index (χ4v) is 3.60. The second-order valence-corrected chi connectivity index (χ2v) is 9.15. The van der Waals surface area contributed by atoms with Crippen molar-refractivity contribution in [3.05, 3.63) is 59.3 Å². The lowest BCUT2D eigenvalue weighted by molar-refractivity contribution is -0.113. The lowest BCUT2D eigenvalue weighted by Gasteiger charge is -2.27. The molecule has 0 bridgehead atoms. The Bertz CT molecular complexity index is 975. The molecule has 0 radical (unpaired) electrons. The monoisotopic (exact) mass is 451 g/mol. The number of carbonyl (C=O) groups is 1. The SMILES string of the molecule is CN(C)CCN(C)C1=CCNC(C2=CC(=O)CC(c3cc(N(C)CCN(C)C)ccn3)=N2)=C1. The molecule has 0 saturated heterocycles. The number of rotatable bonds is 10. The molecule has 1 aromatic rings. The van der Waals surface area contributed by atoms with E-state index >= 15 is 0 Å². The van der Waals surface area contributed by atoms with Crippen molar-refractivity contribution in [2.45, 2.75) is 6.42 Å². The summed E-state index contributed by atoms with van der Waals surface area (Å²) in [7, 11) is 12.4. The maximum Gasteiger partial charge on any atom is 0.163 e. The van der Waals surface area contributed by atoms with Gasteiger partial charge in [0.1, 0.15) is 0 Å². The Balaban J connectivity index is 1.80. The van der Waals surface area contributed by atoms with E-state index in [-0.39, 0.29) is 12.2 Å². The number of dihydropyridines is 1. The van der Waals surface area contributed by atoms with Crippen LogP contribution in [-0.2, 0) is 4.79 Å². The van der Waals surface area contributed by atoms with Gasteiger partial charge in [-0.25, -0.2) is 4.99 Å². The van der Waals surface area contributed by atoms with E-state index < -0.39 is 0 Å². The predicted molar refractivity (Wildman–Crippen MR) is 136 cm³/mol. The van der Waals surface area contributed by atoms with Gasteiger partial charge < -0.3 is 24.9 Å². The van der Waals surface area contributed by atoms with E-state index in [1.807, 2.05) is 12.1 Å². The second-order valence-electron chi connectivity index (χ2n) is 9.15. The number of allylic oxidation sites excluding steroid dienone is 2. The van der Waals surface area contributed by atoms with Crippen LogP contribution in [0.4, 0.5) is 5.69 Å². The van der Waals surface area contributed by atoms with Crippen LogP contribution in [0.2, 0.25) is 0 Å². The third-order valence-electron chi connectivity index (χ3n) is 5.75. The third-order valence-corrected chi connectivity index (χ3v) is 5.75. The average Bonchev–Trinajstić information content (AvgIpc) is 2.80. The molecule has 8 nitrogen and oxygen atoms in total. The van der Waals surface area contributed by atoms with E-state index in [1.54, 1.807) is 12.3 Å². The highest BCUT2D eigenvalue weighted by Crippen LogP contribution is 2.23. The maximum absolute atomic E-state index is 12.6. The highest BCUT2D eigenvalue weighted by molar-refractivity contribution is 6.16. The van der Waals surface area contributed by atoms with Crippen molar-refractivity contribution in [2.24, 2.45) is 4.99 Å². The number of carbonyl (C=O) groups excluding carboxylic acids is 1. The highest BCUT2D eigenvalue weighted by atomic mass is 16.1. The summed E-state index contributed by atoms with van der Waals surface area (Å²) in [6.45, 7) is 4.46. The van der Waals surface area contributed by atoms with Gasteiger partial charge in [-0.2, -0.15) is 0 Å². The Morgan fingerprint density at radius 2 is 1.64 bits per heavy atom. The van der Waals surface area contributed by atoms with Crippen molar-refractivity contribution >= 4 is 17.2 Å². The van der Waals surface area contributed by atoms with Gasteiger partial charge in [-0.15, -0.1) is 0 Å². The normalized spacial score (nSPS) is 16.2. The molecule has 33 heavy (non-hydrogen) atoms. The van der Waals surface area contributed by atoms with Gasteiger partial charge in [0.05, 0.1) is 29.2 Å². The topological polar surface area (TPSA) is 67.3 Å². The summed E-state index contributed by atoms with van der Waals surface area (Å²) in [5.74, 6) is 0.0444. The Morgan fingerprint density at radius 1 is 0.939 bits per heavy atom. The van der Waals surface area contributed by atoms with Crippen LogP contribution in [0.5, 0.6) is 0 Å². The van der Waals surface area contributed by atoms with Crippen LogP contribution in [0, 0.1) is 0 Å². The molecule has 0 saturated carbocycles. The average molecular weight is 452 g/mol. The second kappa shape index (κ2) is 11.2. The van der Waals surface area contributed by atoms with Gasteiger partial charge in [0.25, 0.3) is 0 Å². The van der Waals surface area contributed by atoms with Gasteiger partial charge in [-0.1, -0.05) is 0 Å². The first-order chi connectivity index (χ1) is 15.7. The van der Waals surface area contributed by atoms with Gasteiger partial charge in [0.15, 0.2) is 5.78 Å². The Morgan fingerprint density at radius 3 is 2.33 bits per heavy atom. The zero-order chi connectivity index (χ0) is 24.0. The Labute approximate surface area is 198 Å². The van der Waals surface area contributed by atoms with Gasteiger partial charge in [-0.3, -0.25) is 9.78 Å². The smallest absolute Gasteiger partial charge is 0.163 e. The van der Waals surface area contributed by atoms with E-state index in [0.717, 1.165) is 49.0 Å². The zero-order valence-electron chi connectivity index (χ0n) is 20.8. The molecule has 1 aromatic heterocycles. The molecule has 0 amide bonds. The summed E-state index contributed by atoms with van der Waals surface area (Å²) >= 11 is 0. The first kappa shape index (κ1) is 24.7. The van der Waals surface area contributed by atoms with Crippen LogP contribution in [0.1, 0.15) is 12.1 Å². The molecule has 0 aromatic carbocycles. The van der Waals surface area contributed by atoms with E-state index in [4.69, 9.17) is 4.99 Å². The van der Waals surface area contributed by atoms with Crippen LogP contribution in [-0.4, -0.2) is 106 Å². The number of likely N-dealkylation sites (N-methyl/N-ethyl adjacent to an activating group) is 4. The number of aromatic nitrogens is 1. The maximum atomic E-state index is 12.6. The molecule has 178 valence electrons. The van der Waals surface area contributed by atoms with E-state index in [9.17, 15) is 4.79 Å². The number of anilines is 1. The predicted octanol–water partition coefficient (Wildman–Crippen LogP) is 1.59. The number of aliphatic imine (C=N–C) groups is 1. The molecule has 3 rings (SSSR count). The number of ketones is 1. The first-order valence-electron chi connectivity index (χ1n) is 11.4. The molecule has 2 aliphatic heterocycles. The molecule has 2 aliphatic rings. The van der Waals surface area contributed by atoms with Gasteiger partial charge >= 0.3 is 0 Å². The Hall–Kier alpha value is -2.97. The fraction of sp³-hybridized carbons (Fsp3) is 0.480. The molecule has 1 N–H and O–H groups in total. The summed E-state index contributed by atoms with van der Waals surface area (Å²) < 4.78 is 0. The summed E-state index contributed by atoms with van der Waals surface area (Å²) in [5.41, 5.74) is 5.19. The molecule has 8 heteroatoms. The molecular weight excluding hydrogens is 414 g/mol. The van der Waals surface area contributed by atoms with Crippen molar-refractivity contribution in [3.63, 3.8) is 0 Å². The summed E-state index contributed by atoms with van der Waals surface area (Å²) in [5, 5.41) is 3.37. The largest absolute Gasteiger partial charge is 0.380 e. The number of nitrogens with zero attached hydrogens (tertiary/aromatic N) is 6. The summed E-state index contributed by atoms with van der Waals surface area (Å²) in [6, 6.07) is 4.01. The van der Waals surface area contributed by atoms with E-state index in [1.165, 1.54) is 0 Å². The van der Waals surface area contributed by atoms with E-state index in [2.05, 4.69) is 84.3 Å². The highest BCUT2D eigenvalue weighted by Gasteiger charge is 2.21. The van der Waals surface area contributed by atoms with Crippen molar-refractivity contribution in [1.29, 1.82) is 0 Å². The molecular formula is C25H37N7O. The molecule has 0 atom stereocenters. The van der Waals surface area contributed by atoms with Gasteiger partial charge in [0.2, 0.25) is 0 Å². The number of hydrogen-bond acceptors (Lipinski definition) is 8. The standard InChI is InChI=1S/C25H37N7O/c1-29(2)11-13-31(5)19-7-9-26-22(15-19)24-17-21(33)18-25(28-24)23-16-20(8-10-27-23)32(6)14-12-30(3)4/h7-9,15-16,18,27H,10-14,17H2,1-6H3. The van der Waals surface area contributed by atoms with Crippen LogP contribution in [0.3, 0.4) is 0 Å². The molecule has 0 unspecified atom stereocenters. The minimum Gasteiger partial charge on any atom is -0.380 e. The number of hydrogen-bond donors (Lipinski definition) is 1. The van der Waals surface area contributed by atoms with Crippen molar-refractivity contribution in [2.75, 3.05) is 79.9 Å². The van der Waals surface area contributed by atoms with Crippen LogP contribution in [0.15, 0.2) is 58.6 Å². The zero-order valence-corrected chi connectivity index (χ0v) is 20.8. The van der Waals surface area contributed by atoms with Crippen LogP contribution in [0.25, 0.3) is 0 Å². The number of pyridine rings is 1. The van der Waals surface area contributed by atoms with Crippen molar-refractivity contribution < 1.29 is 4.79 Å². The van der Waals surface area contributed by atoms with Crippen molar-refractivity contribution in [1.82, 2.24) is 25.0 Å².